The van der Waals surface area contributed by atoms with Crippen molar-refractivity contribution in [2.75, 3.05) is 9.80 Å². The van der Waals surface area contributed by atoms with Crippen LogP contribution in [0.4, 0.5) is 11.4 Å². The second kappa shape index (κ2) is 18.8. The third-order valence-corrected chi connectivity index (χ3v) is 13.9. The maximum Gasteiger partial charge on any atom is 0.135 e. The SMILES string of the molecule is CC(C)(C)c1cc(N2[CH-]N(c3[c-]c(Oc4[c-]c5c(cc4)c4cc(-c6ccccc6)ccc4n5-c4cc(C(C)(C)C)ccn4)cc(C(C)(C)c4ccccc4)c3)C=C2c2ccccc2)cc(C(C)(C)C)c1.[Pt]. The van der Waals surface area contributed by atoms with E-state index in [0.717, 1.165) is 61.4 Å². The van der Waals surface area contributed by atoms with E-state index in [9.17, 15) is 0 Å². The maximum absolute atomic E-state index is 7.03. The molecular weight excluding hydrogens is 1050 g/mol. The zero-order valence-electron chi connectivity index (χ0n) is 42.8. The first kappa shape index (κ1) is 49.3. The Hall–Kier alpha value is -6.68. The van der Waals surface area contributed by atoms with E-state index in [1.54, 1.807) is 0 Å². The van der Waals surface area contributed by atoms with Gasteiger partial charge in [0.05, 0.1) is 0 Å². The predicted octanol–water partition coefficient (Wildman–Crippen LogP) is 16.9. The van der Waals surface area contributed by atoms with Gasteiger partial charge in [0.2, 0.25) is 0 Å². The number of benzene rings is 7. The molecule has 71 heavy (non-hydrogen) atoms. The zero-order valence-corrected chi connectivity index (χ0v) is 45.1. The first-order valence-corrected chi connectivity index (χ1v) is 24.5. The number of hydrogen-bond donors (Lipinski definition) is 0. The molecule has 0 radical (unpaired) electrons. The van der Waals surface area contributed by atoms with Gasteiger partial charge in [0.1, 0.15) is 5.82 Å². The van der Waals surface area contributed by atoms with Crippen LogP contribution in [0.15, 0.2) is 176 Å². The van der Waals surface area contributed by atoms with E-state index in [1.807, 2.05) is 12.3 Å². The molecule has 0 bridgehead atoms. The van der Waals surface area contributed by atoms with E-state index in [0.29, 0.717) is 11.5 Å². The molecule has 9 aromatic rings. The fourth-order valence-electron chi connectivity index (χ4n) is 9.45. The number of aromatic nitrogens is 2. The molecule has 362 valence electrons. The normalized spacial score (nSPS) is 13.4. The first-order valence-electron chi connectivity index (χ1n) is 24.5. The summed E-state index contributed by atoms with van der Waals surface area (Å²) in [5.41, 5.74) is 14.0. The predicted molar refractivity (Wildman–Crippen MR) is 293 cm³/mol. The number of pyridine rings is 1. The molecule has 10 rings (SSSR count). The van der Waals surface area contributed by atoms with Crippen molar-refractivity contribution in [3.8, 4) is 28.4 Å². The summed E-state index contributed by atoms with van der Waals surface area (Å²) < 4.78 is 9.26. The van der Waals surface area contributed by atoms with Crippen LogP contribution in [0.25, 0.3) is 44.4 Å². The van der Waals surface area contributed by atoms with Crippen LogP contribution in [0.3, 0.4) is 0 Å². The van der Waals surface area contributed by atoms with Crippen LogP contribution in [-0.2, 0) is 42.7 Å². The molecule has 0 N–H and O–H groups in total. The first-order chi connectivity index (χ1) is 33.3. The number of hydrogen-bond acceptors (Lipinski definition) is 4. The van der Waals surface area contributed by atoms with E-state index in [4.69, 9.17) is 9.72 Å². The van der Waals surface area contributed by atoms with E-state index in [2.05, 4.69) is 273 Å². The van der Waals surface area contributed by atoms with Gasteiger partial charge in [0, 0.05) is 55.7 Å². The minimum Gasteiger partial charge on any atom is -0.509 e. The van der Waals surface area contributed by atoms with Gasteiger partial charge in [-0.05, 0) is 103 Å². The van der Waals surface area contributed by atoms with Crippen molar-refractivity contribution in [2.24, 2.45) is 0 Å². The van der Waals surface area contributed by atoms with Crippen LogP contribution >= 0.6 is 0 Å². The van der Waals surface area contributed by atoms with E-state index < -0.39 is 0 Å². The minimum atomic E-state index is -0.377. The Morgan fingerprint density at radius 3 is 1.75 bits per heavy atom. The van der Waals surface area contributed by atoms with Gasteiger partial charge in [-0.15, -0.1) is 53.6 Å². The molecule has 2 aromatic heterocycles. The average Bonchev–Trinajstić information content (AvgIpc) is 3.94. The minimum absolute atomic E-state index is 0. The Kier molecular flexibility index (Phi) is 13.1. The van der Waals surface area contributed by atoms with E-state index in [-0.39, 0.29) is 42.7 Å². The van der Waals surface area contributed by atoms with Crippen LogP contribution in [0, 0.1) is 18.8 Å². The van der Waals surface area contributed by atoms with Crippen LogP contribution in [-0.4, -0.2) is 9.55 Å². The van der Waals surface area contributed by atoms with Crippen LogP contribution in [0.2, 0.25) is 0 Å². The van der Waals surface area contributed by atoms with Gasteiger partial charge in [0.25, 0.3) is 0 Å². The van der Waals surface area contributed by atoms with Crippen molar-refractivity contribution in [3.63, 3.8) is 0 Å². The van der Waals surface area contributed by atoms with Crippen LogP contribution in [0.1, 0.15) is 110 Å². The molecule has 0 spiro atoms. The molecule has 0 unspecified atom stereocenters. The monoisotopic (exact) mass is 1110 g/mol. The summed E-state index contributed by atoms with van der Waals surface area (Å²) in [6.07, 6.45) is 4.14. The molecule has 0 amide bonds. The maximum atomic E-state index is 7.03. The van der Waals surface area contributed by atoms with Gasteiger partial charge in [-0.3, -0.25) is 0 Å². The standard InChI is InChI=1S/C65H63N4O.Pt/c1-62(2,3)48-31-32-66-61(39-48)69-58-30-27-46(44-21-15-12-16-22-44)33-57(58)56-29-28-54(41-59(56)69)70-55-38-51(65(10,11)47-25-19-14-20-26-47)37-52(40-55)67-42-60(45-23-17-13-18-24-45)68(43-67)53-35-49(63(4,5)6)34-50(36-53)64(7,8)9;/h12-39,42-43H,1-11H3;/q-3;. The molecule has 3 heterocycles. The Morgan fingerprint density at radius 2 is 1.11 bits per heavy atom. The summed E-state index contributed by atoms with van der Waals surface area (Å²) in [5, 5.41) is 2.20. The fraction of sp³-hybridized carbons (Fsp3) is 0.231. The van der Waals surface area contributed by atoms with Gasteiger partial charge < -0.3 is 19.1 Å². The van der Waals surface area contributed by atoms with Crippen molar-refractivity contribution in [1.82, 2.24) is 9.55 Å². The average molecular weight is 1110 g/mol. The van der Waals surface area contributed by atoms with Gasteiger partial charge in [-0.25, -0.2) is 4.98 Å². The molecule has 0 fully saturated rings. The fourth-order valence-corrected chi connectivity index (χ4v) is 9.45. The molecule has 0 saturated heterocycles. The Morgan fingerprint density at radius 1 is 0.493 bits per heavy atom. The molecule has 6 heteroatoms. The molecule has 0 aliphatic carbocycles. The molecule has 1 aliphatic heterocycles. The van der Waals surface area contributed by atoms with Crippen molar-refractivity contribution in [2.45, 2.75) is 97.8 Å². The van der Waals surface area contributed by atoms with Gasteiger partial charge in [0.15, 0.2) is 0 Å². The van der Waals surface area contributed by atoms with Crippen molar-refractivity contribution >= 4 is 38.9 Å². The van der Waals surface area contributed by atoms with Crippen molar-refractivity contribution in [1.29, 1.82) is 0 Å². The van der Waals surface area contributed by atoms with E-state index in [1.165, 1.54) is 27.8 Å². The van der Waals surface area contributed by atoms with Crippen LogP contribution in [0.5, 0.6) is 11.5 Å². The number of rotatable bonds is 9. The summed E-state index contributed by atoms with van der Waals surface area (Å²) >= 11 is 0. The summed E-state index contributed by atoms with van der Waals surface area (Å²) in [5.74, 6) is 2.02. The van der Waals surface area contributed by atoms with Gasteiger partial charge in [-0.1, -0.05) is 191 Å². The molecule has 7 aromatic carbocycles. The Bertz CT molecular complexity index is 3370. The second-order valence-electron chi connectivity index (χ2n) is 22.4. The largest absolute Gasteiger partial charge is 0.509 e. The number of ether oxygens (including phenoxy) is 1. The summed E-state index contributed by atoms with van der Waals surface area (Å²) in [6.45, 7) is 27.2. The topological polar surface area (TPSA) is 33.5 Å². The quantitative estimate of drug-likeness (QED) is 0.135. The summed E-state index contributed by atoms with van der Waals surface area (Å²) in [4.78, 5) is 9.51. The molecule has 1 aliphatic rings. The third-order valence-electron chi connectivity index (χ3n) is 13.9. The van der Waals surface area contributed by atoms with Gasteiger partial charge in [-0.2, -0.15) is 6.07 Å². The molecular formula is C65H63N4OPt-3. The molecule has 0 atom stereocenters. The Balaban J connectivity index is 0.00000624. The number of fused-ring (bicyclic) bond motifs is 3. The Labute approximate surface area is 436 Å². The summed E-state index contributed by atoms with van der Waals surface area (Å²) in [7, 11) is 0. The smallest absolute Gasteiger partial charge is 0.135 e. The van der Waals surface area contributed by atoms with Crippen molar-refractivity contribution in [3.05, 3.63) is 228 Å². The van der Waals surface area contributed by atoms with Crippen LogP contribution < -0.4 is 14.5 Å². The molecule has 0 saturated carbocycles. The number of anilines is 2. The van der Waals surface area contributed by atoms with Gasteiger partial charge >= 0.3 is 0 Å². The van der Waals surface area contributed by atoms with Crippen molar-refractivity contribution < 1.29 is 25.8 Å². The zero-order chi connectivity index (χ0) is 49.2. The summed E-state index contributed by atoms with van der Waals surface area (Å²) in [6, 6.07) is 66.1. The number of nitrogens with zero attached hydrogens (tertiary/aromatic N) is 4. The third kappa shape index (κ3) is 9.87. The molecule has 5 nitrogen and oxygen atoms in total. The van der Waals surface area contributed by atoms with E-state index >= 15 is 0 Å². The second-order valence-corrected chi connectivity index (χ2v) is 22.4.